The standard InChI is InChI=1S/C23H22N4O2S/c1-29-17-8-7-15-13-18-20(24)21(30-22(18)25-19(15)14-17)23(28)27-11-9-26(10-12-27)16-5-3-2-4-6-16/h2-8,13-14H,9-12,24H2,1H3. The number of para-hydroxylation sites is 1. The first-order chi connectivity index (χ1) is 14.6. The number of nitrogens with zero attached hydrogens (tertiary/aromatic N) is 3. The Morgan fingerprint density at radius 2 is 1.83 bits per heavy atom. The fraction of sp³-hybridized carbons (Fsp3) is 0.217. The average Bonchev–Trinajstić information content (AvgIpc) is 3.12. The lowest BCUT2D eigenvalue weighted by Crippen LogP contribution is -2.48. The van der Waals surface area contributed by atoms with Gasteiger partial charge < -0.3 is 20.3 Å². The summed E-state index contributed by atoms with van der Waals surface area (Å²) in [7, 11) is 1.64. The van der Waals surface area contributed by atoms with Crippen LogP contribution < -0.4 is 15.4 Å². The van der Waals surface area contributed by atoms with Crippen LogP contribution in [0.1, 0.15) is 9.67 Å². The number of carbonyl (C=O) groups excluding carboxylic acids is 1. The Morgan fingerprint density at radius 1 is 1.07 bits per heavy atom. The van der Waals surface area contributed by atoms with Gasteiger partial charge in [-0.15, -0.1) is 11.3 Å². The number of ether oxygens (including phenoxy) is 1. The second-order valence-corrected chi connectivity index (χ2v) is 8.36. The van der Waals surface area contributed by atoms with Gasteiger partial charge in [-0.3, -0.25) is 4.79 Å². The minimum Gasteiger partial charge on any atom is -0.497 e. The van der Waals surface area contributed by atoms with E-state index in [-0.39, 0.29) is 5.91 Å². The molecule has 0 radical (unpaired) electrons. The van der Waals surface area contributed by atoms with Crippen LogP contribution in [0.5, 0.6) is 5.75 Å². The molecule has 1 fully saturated rings. The average molecular weight is 419 g/mol. The van der Waals surface area contributed by atoms with E-state index in [0.29, 0.717) is 23.7 Å². The number of nitrogens with two attached hydrogens (primary N) is 1. The van der Waals surface area contributed by atoms with Crippen LogP contribution in [-0.2, 0) is 0 Å². The molecule has 0 spiro atoms. The first-order valence-corrected chi connectivity index (χ1v) is 10.7. The fourth-order valence-electron chi connectivity index (χ4n) is 3.91. The normalized spacial score (nSPS) is 14.4. The lowest BCUT2D eigenvalue weighted by Gasteiger charge is -2.36. The van der Waals surface area contributed by atoms with Gasteiger partial charge >= 0.3 is 0 Å². The quantitative estimate of drug-likeness (QED) is 0.544. The maximum Gasteiger partial charge on any atom is 0.266 e. The molecule has 0 unspecified atom stereocenters. The van der Waals surface area contributed by atoms with Crippen molar-refractivity contribution in [3.63, 3.8) is 0 Å². The van der Waals surface area contributed by atoms with E-state index in [2.05, 4.69) is 17.0 Å². The summed E-state index contributed by atoms with van der Waals surface area (Å²) < 4.78 is 5.30. The molecule has 1 aliphatic heterocycles. The van der Waals surface area contributed by atoms with Gasteiger partial charge in [0.25, 0.3) is 5.91 Å². The molecule has 7 heteroatoms. The van der Waals surface area contributed by atoms with E-state index in [1.807, 2.05) is 47.4 Å². The van der Waals surface area contributed by atoms with Crippen LogP contribution in [0.25, 0.3) is 21.1 Å². The summed E-state index contributed by atoms with van der Waals surface area (Å²) in [5, 5.41) is 1.81. The Kier molecular flexibility index (Phi) is 4.67. The molecule has 30 heavy (non-hydrogen) atoms. The molecule has 152 valence electrons. The van der Waals surface area contributed by atoms with Gasteiger partial charge in [-0.1, -0.05) is 18.2 Å². The van der Waals surface area contributed by atoms with Crippen molar-refractivity contribution in [3.8, 4) is 5.75 Å². The van der Waals surface area contributed by atoms with Crippen molar-refractivity contribution in [2.75, 3.05) is 43.9 Å². The maximum atomic E-state index is 13.2. The third-order valence-electron chi connectivity index (χ3n) is 5.61. The zero-order valence-corrected chi connectivity index (χ0v) is 17.5. The molecule has 1 amide bonds. The maximum absolute atomic E-state index is 13.2. The summed E-state index contributed by atoms with van der Waals surface area (Å²) >= 11 is 1.37. The van der Waals surface area contributed by atoms with Gasteiger partial charge in [-0.05, 0) is 30.3 Å². The van der Waals surface area contributed by atoms with Gasteiger partial charge in [0.2, 0.25) is 0 Å². The number of thiophene rings is 1. The van der Waals surface area contributed by atoms with Gasteiger partial charge in [0.05, 0.1) is 18.3 Å². The lowest BCUT2D eigenvalue weighted by atomic mass is 10.1. The highest BCUT2D eigenvalue weighted by Crippen LogP contribution is 2.36. The molecule has 2 N–H and O–H groups in total. The van der Waals surface area contributed by atoms with E-state index < -0.39 is 0 Å². The van der Waals surface area contributed by atoms with Gasteiger partial charge in [0.1, 0.15) is 15.5 Å². The number of pyridine rings is 1. The third-order valence-corrected chi connectivity index (χ3v) is 6.71. The molecule has 3 heterocycles. The molecule has 2 aromatic heterocycles. The number of rotatable bonds is 3. The highest BCUT2D eigenvalue weighted by atomic mass is 32.1. The Bertz CT molecular complexity index is 1230. The monoisotopic (exact) mass is 418 g/mol. The highest BCUT2D eigenvalue weighted by Gasteiger charge is 2.26. The Hall–Kier alpha value is -3.32. The second-order valence-electron chi connectivity index (χ2n) is 7.36. The van der Waals surface area contributed by atoms with Crippen molar-refractivity contribution in [1.82, 2.24) is 9.88 Å². The summed E-state index contributed by atoms with van der Waals surface area (Å²) in [6.45, 7) is 2.97. The first-order valence-electron chi connectivity index (χ1n) is 9.90. The topological polar surface area (TPSA) is 71.7 Å². The van der Waals surface area contributed by atoms with Gasteiger partial charge in [-0.2, -0.15) is 0 Å². The largest absolute Gasteiger partial charge is 0.497 e. The van der Waals surface area contributed by atoms with Crippen molar-refractivity contribution in [3.05, 3.63) is 59.5 Å². The lowest BCUT2D eigenvalue weighted by molar-refractivity contribution is 0.0752. The van der Waals surface area contributed by atoms with Gasteiger partial charge in [0.15, 0.2) is 0 Å². The molecule has 4 aromatic rings. The van der Waals surface area contributed by atoms with Crippen molar-refractivity contribution < 1.29 is 9.53 Å². The molecule has 1 aliphatic rings. The predicted octanol–water partition coefficient (Wildman–Crippen LogP) is 4.00. The van der Waals surface area contributed by atoms with Crippen LogP contribution in [0.3, 0.4) is 0 Å². The van der Waals surface area contributed by atoms with E-state index in [9.17, 15) is 4.79 Å². The number of benzene rings is 2. The molecular weight excluding hydrogens is 396 g/mol. The molecule has 0 aliphatic carbocycles. The summed E-state index contributed by atoms with van der Waals surface area (Å²) in [5.41, 5.74) is 8.95. The van der Waals surface area contributed by atoms with Crippen LogP contribution in [0.2, 0.25) is 0 Å². The van der Waals surface area contributed by atoms with E-state index in [1.165, 1.54) is 17.0 Å². The molecule has 1 saturated heterocycles. The number of amides is 1. The Labute approximate surface area is 178 Å². The van der Waals surface area contributed by atoms with Crippen molar-refractivity contribution >= 4 is 49.7 Å². The van der Waals surface area contributed by atoms with Crippen LogP contribution in [0.15, 0.2) is 54.6 Å². The highest BCUT2D eigenvalue weighted by molar-refractivity contribution is 7.21. The predicted molar refractivity (Wildman–Crippen MR) is 123 cm³/mol. The Morgan fingerprint density at radius 3 is 2.57 bits per heavy atom. The molecule has 0 atom stereocenters. The number of nitrogen functional groups attached to an aromatic ring is 1. The summed E-state index contributed by atoms with van der Waals surface area (Å²) in [5.74, 6) is 0.747. The molecule has 6 nitrogen and oxygen atoms in total. The van der Waals surface area contributed by atoms with Gasteiger partial charge in [0, 0.05) is 48.7 Å². The van der Waals surface area contributed by atoms with Crippen LogP contribution >= 0.6 is 11.3 Å². The van der Waals surface area contributed by atoms with Crippen molar-refractivity contribution in [1.29, 1.82) is 0 Å². The van der Waals surface area contributed by atoms with Gasteiger partial charge in [-0.25, -0.2) is 4.98 Å². The van der Waals surface area contributed by atoms with Crippen LogP contribution in [0.4, 0.5) is 11.4 Å². The fourth-order valence-corrected chi connectivity index (χ4v) is 4.96. The Balaban J connectivity index is 1.41. The van der Waals surface area contributed by atoms with E-state index in [1.54, 1.807) is 7.11 Å². The summed E-state index contributed by atoms with van der Waals surface area (Å²) in [4.78, 5) is 23.5. The molecule has 0 bridgehead atoms. The van der Waals surface area contributed by atoms with E-state index >= 15 is 0 Å². The molecule has 2 aromatic carbocycles. The molecule has 0 saturated carbocycles. The zero-order valence-electron chi connectivity index (χ0n) is 16.7. The van der Waals surface area contributed by atoms with E-state index in [0.717, 1.165) is 40.0 Å². The SMILES string of the molecule is COc1ccc2cc3c(N)c(C(=O)N4CCN(c5ccccc5)CC4)sc3nc2c1. The van der Waals surface area contributed by atoms with Crippen LogP contribution in [-0.4, -0.2) is 49.1 Å². The molecular formula is C23H22N4O2S. The second kappa shape index (κ2) is 7.50. The number of hydrogen-bond donors (Lipinski definition) is 1. The number of piperazine rings is 1. The summed E-state index contributed by atoms with van der Waals surface area (Å²) in [6, 6.07) is 18.1. The van der Waals surface area contributed by atoms with Crippen molar-refractivity contribution in [2.45, 2.75) is 0 Å². The number of fused-ring (bicyclic) bond motifs is 2. The molecule has 5 rings (SSSR count). The van der Waals surface area contributed by atoms with Crippen molar-refractivity contribution in [2.24, 2.45) is 0 Å². The van der Waals surface area contributed by atoms with E-state index in [4.69, 9.17) is 15.5 Å². The minimum absolute atomic E-state index is 0.00940. The number of aromatic nitrogens is 1. The number of methoxy groups -OCH3 is 1. The summed E-state index contributed by atoms with van der Waals surface area (Å²) in [6.07, 6.45) is 0. The smallest absolute Gasteiger partial charge is 0.266 e. The zero-order chi connectivity index (χ0) is 20.7. The number of hydrogen-bond acceptors (Lipinski definition) is 6. The first kappa shape index (κ1) is 18.7. The number of anilines is 2. The number of carbonyl (C=O) groups is 1. The van der Waals surface area contributed by atoms with Crippen LogP contribution in [0, 0.1) is 0 Å². The third kappa shape index (κ3) is 3.21. The minimum atomic E-state index is -0.00940.